The number of aliphatic hydroxyl groups excluding tert-OH is 4. The van der Waals surface area contributed by atoms with Crippen LogP contribution in [0.2, 0.25) is 0 Å². The van der Waals surface area contributed by atoms with Crippen molar-refractivity contribution >= 4 is 5.97 Å². The summed E-state index contributed by atoms with van der Waals surface area (Å²) < 4.78 is 4.90. The second kappa shape index (κ2) is 20.6. The van der Waals surface area contributed by atoms with Crippen molar-refractivity contribution in [1.29, 1.82) is 0 Å². The number of rotatable bonds is 21. The summed E-state index contributed by atoms with van der Waals surface area (Å²) in [5, 5.41) is 37.0. The number of hydrogen-bond donors (Lipinski definition) is 4. The van der Waals surface area contributed by atoms with Gasteiger partial charge in [0.05, 0.1) is 6.61 Å². The van der Waals surface area contributed by atoms with Crippen LogP contribution in [0, 0.1) is 0 Å². The molecule has 0 aliphatic carbocycles. The molecule has 0 saturated carbocycles. The van der Waals surface area contributed by atoms with E-state index in [0.717, 1.165) is 19.3 Å². The molecule has 0 aliphatic rings. The zero-order valence-electron chi connectivity index (χ0n) is 18.6. The third kappa shape index (κ3) is 17.8. The summed E-state index contributed by atoms with van der Waals surface area (Å²) in [5.74, 6) is -0.413. The van der Waals surface area contributed by atoms with Crippen LogP contribution < -0.4 is 0 Å². The molecule has 0 aromatic heterocycles. The van der Waals surface area contributed by atoms with E-state index in [9.17, 15) is 20.1 Å². The Morgan fingerprint density at radius 3 is 1.52 bits per heavy atom. The van der Waals surface area contributed by atoms with Crippen LogP contribution >= 0.6 is 0 Å². The SMILES string of the molecule is CCCCCCCCCCCCCCCCCC(=O)OC[C@H](O)[C@@H](O)[C@H](O)CO. The normalized spacial score (nSPS) is 14.5. The summed E-state index contributed by atoms with van der Waals surface area (Å²) in [6.45, 7) is 1.21. The minimum absolute atomic E-state index is 0.295. The van der Waals surface area contributed by atoms with E-state index in [4.69, 9.17) is 9.84 Å². The summed E-state index contributed by atoms with van der Waals surface area (Å²) in [7, 11) is 0. The Morgan fingerprint density at radius 2 is 1.10 bits per heavy atom. The van der Waals surface area contributed by atoms with E-state index >= 15 is 0 Å². The molecule has 0 heterocycles. The fraction of sp³-hybridized carbons (Fsp3) is 0.957. The maximum absolute atomic E-state index is 11.6. The summed E-state index contributed by atoms with van der Waals surface area (Å²) in [4.78, 5) is 11.6. The van der Waals surface area contributed by atoms with E-state index in [1.807, 2.05) is 0 Å². The van der Waals surface area contributed by atoms with Gasteiger partial charge >= 0.3 is 5.97 Å². The lowest BCUT2D eigenvalue weighted by Gasteiger charge is -2.21. The number of unbranched alkanes of at least 4 members (excludes halogenated alkanes) is 14. The predicted molar refractivity (Wildman–Crippen MR) is 116 cm³/mol. The highest BCUT2D eigenvalue weighted by atomic mass is 16.5. The van der Waals surface area contributed by atoms with Gasteiger partial charge in [-0.05, 0) is 6.42 Å². The molecule has 174 valence electrons. The van der Waals surface area contributed by atoms with Crippen LogP contribution in [0.25, 0.3) is 0 Å². The van der Waals surface area contributed by atoms with Crippen LogP contribution in [0.15, 0.2) is 0 Å². The fourth-order valence-corrected chi connectivity index (χ4v) is 3.35. The number of ether oxygens (including phenoxy) is 1. The molecular weight excluding hydrogens is 372 g/mol. The zero-order valence-corrected chi connectivity index (χ0v) is 18.6. The lowest BCUT2D eigenvalue weighted by molar-refractivity contribution is -0.152. The molecule has 0 amide bonds. The molecule has 0 aromatic rings. The Kier molecular flexibility index (Phi) is 20.1. The molecule has 0 saturated heterocycles. The van der Waals surface area contributed by atoms with E-state index in [0.29, 0.717) is 6.42 Å². The smallest absolute Gasteiger partial charge is 0.305 e. The lowest BCUT2D eigenvalue weighted by Crippen LogP contribution is -2.42. The molecule has 0 spiro atoms. The van der Waals surface area contributed by atoms with Crippen molar-refractivity contribution < 1.29 is 30.0 Å². The zero-order chi connectivity index (χ0) is 21.7. The maximum Gasteiger partial charge on any atom is 0.305 e. The molecule has 0 aromatic carbocycles. The van der Waals surface area contributed by atoms with Gasteiger partial charge in [-0.15, -0.1) is 0 Å². The van der Waals surface area contributed by atoms with Gasteiger partial charge in [0, 0.05) is 6.42 Å². The minimum Gasteiger partial charge on any atom is -0.463 e. The Morgan fingerprint density at radius 1 is 0.690 bits per heavy atom. The van der Waals surface area contributed by atoms with Crippen molar-refractivity contribution in [2.24, 2.45) is 0 Å². The lowest BCUT2D eigenvalue weighted by atomic mass is 10.0. The molecule has 0 aliphatic heterocycles. The van der Waals surface area contributed by atoms with Crippen molar-refractivity contribution in [3.63, 3.8) is 0 Å². The summed E-state index contributed by atoms with van der Waals surface area (Å²) >= 11 is 0. The standard InChI is InChI=1S/C23H46O6/c1-2-3-4-5-6-7-8-9-10-11-12-13-14-15-16-17-22(27)29-19-21(26)23(28)20(25)18-24/h20-21,23-26,28H,2-19H2,1H3/t20-,21+,23+/m1/s1. The molecule has 4 N–H and O–H groups in total. The highest BCUT2D eigenvalue weighted by Crippen LogP contribution is 2.14. The first kappa shape index (κ1) is 28.3. The summed E-state index contributed by atoms with van der Waals surface area (Å²) in [5.41, 5.74) is 0. The summed E-state index contributed by atoms with van der Waals surface area (Å²) in [6.07, 6.45) is 14.9. The topological polar surface area (TPSA) is 107 Å². The third-order valence-electron chi connectivity index (χ3n) is 5.38. The van der Waals surface area contributed by atoms with Crippen LogP contribution in [0.3, 0.4) is 0 Å². The van der Waals surface area contributed by atoms with Crippen LogP contribution in [0.1, 0.15) is 110 Å². The van der Waals surface area contributed by atoms with Crippen LogP contribution in [0.5, 0.6) is 0 Å². The first-order chi connectivity index (χ1) is 14.0. The molecule has 6 nitrogen and oxygen atoms in total. The largest absolute Gasteiger partial charge is 0.463 e. The van der Waals surface area contributed by atoms with Gasteiger partial charge in [-0.25, -0.2) is 0 Å². The average Bonchev–Trinajstić information content (AvgIpc) is 2.73. The highest BCUT2D eigenvalue weighted by molar-refractivity contribution is 5.69. The van der Waals surface area contributed by atoms with Gasteiger partial charge in [-0.1, -0.05) is 96.8 Å². The van der Waals surface area contributed by atoms with E-state index in [-0.39, 0.29) is 6.61 Å². The molecule has 29 heavy (non-hydrogen) atoms. The van der Waals surface area contributed by atoms with Crippen LogP contribution in [-0.2, 0) is 9.53 Å². The molecule has 0 rings (SSSR count). The number of aliphatic hydroxyl groups is 4. The Hall–Kier alpha value is -0.690. The van der Waals surface area contributed by atoms with Gasteiger partial charge in [0.25, 0.3) is 0 Å². The predicted octanol–water partition coefficient (Wildman–Crippen LogP) is 3.87. The fourth-order valence-electron chi connectivity index (χ4n) is 3.35. The second-order valence-corrected chi connectivity index (χ2v) is 8.19. The van der Waals surface area contributed by atoms with Crippen LogP contribution in [-0.4, -0.2) is 57.9 Å². The van der Waals surface area contributed by atoms with E-state index < -0.39 is 30.9 Å². The second-order valence-electron chi connectivity index (χ2n) is 8.19. The first-order valence-corrected chi connectivity index (χ1v) is 11.8. The molecule has 0 unspecified atom stereocenters. The number of hydrogen-bond acceptors (Lipinski definition) is 6. The van der Waals surface area contributed by atoms with Crippen molar-refractivity contribution in [1.82, 2.24) is 0 Å². The van der Waals surface area contributed by atoms with Gasteiger partial charge in [0.1, 0.15) is 24.9 Å². The Balaban J connectivity index is 3.35. The minimum atomic E-state index is -1.53. The average molecular weight is 419 g/mol. The van der Waals surface area contributed by atoms with Gasteiger partial charge in [0.2, 0.25) is 0 Å². The maximum atomic E-state index is 11.6. The monoisotopic (exact) mass is 418 g/mol. The third-order valence-corrected chi connectivity index (χ3v) is 5.38. The quantitative estimate of drug-likeness (QED) is 0.166. The van der Waals surface area contributed by atoms with Gasteiger partial charge in [0.15, 0.2) is 0 Å². The first-order valence-electron chi connectivity index (χ1n) is 11.8. The van der Waals surface area contributed by atoms with E-state index in [2.05, 4.69) is 6.92 Å². The van der Waals surface area contributed by atoms with Crippen molar-refractivity contribution in [2.45, 2.75) is 128 Å². The van der Waals surface area contributed by atoms with Crippen molar-refractivity contribution in [2.75, 3.05) is 13.2 Å². The number of esters is 1. The van der Waals surface area contributed by atoms with Gasteiger partial charge in [-0.2, -0.15) is 0 Å². The van der Waals surface area contributed by atoms with Crippen molar-refractivity contribution in [3.05, 3.63) is 0 Å². The van der Waals surface area contributed by atoms with Gasteiger partial charge < -0.3 is 25.2 Å². The van der Waals surface area contributed by atoms with Crippen LogP contribution in [0.4, 0.5) is 0 Å². The number of carbonyl (C=O) groups excluding carboxylic acids is 1. The Bertz CT molecular complexity index is 363. The molecular formula is C23H46O6. The van der Waals surface area contributed by atoms with E-state index in [1.54, 1.807) is 0 Å². The summed E-state index contributed by atoms with van der Waals surface area (Å²) in [6, 6.07) is 0. The number of carbonyl (C=O) groups is 1. The molecule has 6 heteroatoms. The molecule has 0 fully saturated rings. The molecule has 3 atom stereocenters. The molecule has 0 bridgehead atoms. The van der Waals surface area contributed by atoms with Gasteiger partial charge in [-0.3, -0.25) is 4.79 Å². The molecule has 0 radical (unpaired) electrons. The van der Waals surface area contributed by atoms with Crippen molar-refractivity contribution in [3.8, 4) is 0 Å². The van der Waals surface area contributed by atoms with E-state index in [1.165, 1.54) is 77.0 Å². The Labute approximate surface area is 177 Å². The highest BCUT2D eigenvalue weighted by Gasteiger charge is 2.25.